The molecule has 0 aliphatic carbocycles. The first kappa shape index (κ1) is 17.6. The second-order valence-corrected chi connectivity index (χ2v) is 1.57. The van der Waals surface area contributed by atoms with Crippen molar-refractivity contribution in [2.24, 2.45) is 0 Å². The topological polar surface area (TPSA) is 66.4 Å². The third-order valence-electron chi connectivity index (χ3n) is 0.845. The number of carbonyl (C=O) groups is 2. The molecule has 0 atom stereocenters. The van der Waals surface area contributed by atoms with Gasteiger partial charge in [-0.3, -0.25) is 9.59 Å². The fraction of sp³-hybridized carbons (Fsp3) is 0.714. The maximum Gasteiger partial charge on any atom is 0.303 e. The van der Waals surface area contributed by atoms with Crippen LogP contribution >= 0.6 is 0 Å². The quantitative estimate of drug-likeness (QED) is 0.720. The number of amides is 1. The van der Waals surface area contributed by atoms with Crippen molar-refractivity contribution in [2.75, 3.05) is 7.05 Å². The van der Waals surface area contributed by atoms with Crippen molar-refractivity contribution in [1.82, 2.24) is 5.32 Å². The molecule has 0 aromatic rings. The average Bonchev–Trinajstić information content (AvgIpc) is 2.04. The Morgan fingerprint density at radius 3 is 1.92 bits per heavy atom. The van der Waals surface area contributed by atoms with Gasteiger partial charge in [-0.05, 0) is 0 Å². The molecule has 0 unspecified atom stereocenters. The van der Waals surface area contributed by atoms with Crippen LogP contribution in [0.5, 0.6) is 0 Å². The summed E-state index contributed by atoms with van der Waals surface area (Å²) in [5.41, 5.74) is 0. The van der Waals surface area contributed by atoms with E-state index in [1.165, 1.54) is 7.05 Å². The van der Waals surface area contributed by atoms with Crippen LogP contribution in [0.15, 0.2) is 0 Å². The van der Waals surface area contributed by atoms with Gasteiger partial charge in [0.25, 0.3) is 0 Å². The van der Waals surface area contributed by atoms with Crippen LogP contribution in [0.2, 0.25) is 0 Å². The Bertz CT molecular complexity index is 128. The molecule has 1 radical (unpaired) electrons. The first-order valence-corrected chi connectivity index (χ1v) is 3.59. The summed E-state index contributed by atoms with van der Waals surface area (Å²) in [5.74, 6) is -1.18. The molecule has 1 amide bonds. The van der Waals surface area contributed by atoms with Gasteiger partial charge in [-0.15, -0.1) is 0 Å². The van der Waals surface area contributed by atoms with Gasteiger partial charge in [-0.2, -0.15) is 0 Å². The van der Waals surface area contributed by atoms with E-state index in [0.717, 1.165) is 0 Å². The average molecular weight is 212 g/mol. The van der Waals surface area contributed by atoms with E-state index in [-0.39, 0.29) is 37.3 Å². The number of hydrogen-bond donors (Lipinski definition) is 2. The molecule has 0 saturated carbocycles. The van der Waals surface area contributed by atoms with E-state index in [4.69, 9.17) is 5.11 Å². The van der Waals surface area contributed by atoms with Gasteiger partial charge in [0.1, 0.15) is 0 Å². The normalized spacial score (nSPS) is 6.92. The predicted octanol–water partition coefficient (Wildman–Crippen LogP) is 0.621. The maximum absolute atomic E-state index is 10.3. The van der Waals surface area contributed by atoms with E-state index in [0.29, 0.717) is 0 Å². The smallest absolute Gasteiger partial charge is 0.303 e. The number of carboxylic acid groups (broad SMARTS) is 1. The summed E-state index contributed by atoms with van der Waals surface area (Å²) >= 11 is 0. The van der Waals surface area contributed by atoms with Crippen molar-refractivity contribution >= 4 is 11.9 Å². The van der Waals surface area contributed by atoms with Gasteiger partial charge in [0, 0.05) is 32.0 Å². The Kier molecular flexibility index (Phi) is 19.2. The first-order valence-electron chi connectivity index (χ1n) is 3.59. The minimum atomic E-state index is -0.946. The summed E-state index contributed by atoms with van der Waals surface area (Å²) in [6, 6.07) is 0. The fourth-order valence-electron chi connectivity index (χ4n) is 0.345. The molecule has 0 rings (SSSR count). The second-order valence-electron chi connectivity index (χ2n) is 1.57. The second kappa shape index (κ2) is 13.1. The number of nitrogens with one attached hydrogen (secondary N) is 1. The molecule has 0 aliphatic rings. The summed E-state index contributed by atoms with van der Waals surface area (Å²) in [7, 11) is 1.48. The molecule has 0 fully saturated rings. The summed E-state index contributed by atoms with van der Waals surface area (Å²) < 4.78 is 0. The molecule has 0 spiro atoms. The summed E-state index contributed by atoms with van der Waals surface area (Å²) in [6.45, 7) is 4.00. The van der Waals surface area contributed by atoms with E-state index < -0.39 is 5.97 Å². The third-order valence-corrected chi connectivity index (χ3v) is 0.845. The molecule has 12 heavy (non-hydrogen) atoms. The van der Waals surface area contributed by atoms with Crippen LogP contribution < -0.4 is 5.32 Å². The van der Waals surface area contributed by atoms with E-state index >= 15 is 0 Å². The molecule has 0 aromatic heterocycles. The zero-order valence-corrected chi connectivity index (χ0v) is 9.02. The summed E-state index contributed by atoms with van der Waals surface area (Å²) in [6.07, 6.45) is -0.0362. The molecule has 0 aromatic carbocycles. The molecule has 2 N–H and O–H groups in total. The van der Waals surface area contributed by atoms with Crippen LogP contribution in [-0.2, 0) is 28.1 Å². The molecule has 71 valence electrons. The van der Waals surface area contributed by atoms with Crippen molar-refractivity contribution in [2.45, 2.75) is 26.7 Å². The Balaban J connectivity index is -0.000000249. The minimum Gasteiger partial charge on any atom is -0.481 e. The van der Waals surface area contributed by atoms with Crippen molar-refractivity contribution < 1.29 is 33.3 Å². The Labute approximate surface area is 84.6 Å². The summed E-state index contributed by atoms with van der Waals surface area (Å²) in [4.78, 5) is 20.2. The van der Waals surface area contributed by atoms with Crippen molar-refractivity contribution in [3.05, 3.63) is 0 Å². The first-order chi connectivity index (χ1) is 5.16. The van der Waals surface area contributed by atoms with Crippen molar-refractivity contribution in [3.8, 4) is 0 Å². The van der Waals surface area contributed by atoms with Gasteiger partial charge >= 0.3 is 5.97 Å². The van der Waals surface area contributed by atoms with Gasteiger partial charge < -0.3 is 10.4 Å². The number of rotatable bonds is 3. The monoisotopic (exact) mass is 212 g/mol. The molecule has 0 heterocycles. The van der Waals surface area contributed by atoms with E-state index in [1.807, 2.05) is 13.8 Å². The van der Waals surface area contributed by atoms with Crippen LogP contribution in [0.25, 0.3) is 0 Å². The molecule has 5 heteroatoms. The standard InChI is InChI=1S/C5H9NO3.C2H6.V/c1-6-4(7)2-3-5(8)9;1-2;/h2-3H2,1H3,(H,6,7)(H,8,9);1-2H3;. The number of carbonyl (C=O) groups excluding carboxylic acids is 1. The zero-order chi connectivity index (χ0) is 9.28. The van der Waals surface area contributed by atoms with E-state index in [9.17, 15) is 9.59 Å². The molecule has 0 aliphatic heterocycles. The van der Waals surface area contributed by atoms with Crippen LogP contribution in [0.1, 0.15) is 26.7 Å². The Morgan fingerprint density at radius 2 is 1.67 bits per heavy atom. The summed E-state index contributed by atoms with van der Waals surface area (Å²) in [5, 5.41) is 10.4. The van der Waals surface area contributed by atoms with Crippen LogP contribution in [0.4, 0.5) is 0 Å². The van der Waals surface area contributed by atoms with Gasteiger partial charge in [0.2, 0.25) is 5.91 Å². The van der Waals surface area contributed by atoms with Crippen LogP contribution in [-0.4, -0.2) is 24.0 Å². The minimum absolute atomic E-state index is 0. The van der Waals surface area contributed by atoms with Gasteiger partial charge in [0.15, 0.2) is 0 Å². The van der Waals surface area contributed by atoms with Crippen LogP contribution in [0.3, 0.4) is 0 Å². The largest absolute Gasteiger partial charge is 0.481 e. The van der Waals surface area contributed by atoms with Crippen LogP contribution in [0, 0.1) is 0 Å². The molecular weight excluding hydrogens is 197 g/mol. The molecular formula is C7H15NO3V. The van der Waals surface area contributed by atoms with E-state index in [1.54, 1.807) is 0 Å². The van der Waals surface area contributed by atoms with Gasteiger partial charge in [0.05, 0.1) is 6.42 Å². The fourth-order valence-corrected chi connectivity index (χ4v) is 0.345. The number of carboxylic acids is 1. The molecule has 0 saturated heterocycles. The van der Waals surface area contributed by atoms with Crippen molar-refractivity contribution in [1.29, 1.82) is 0 Å². The third kappa shape index (κ3) is 16.3. The SMILES string of the molecule is CC.CNC(=O)CCC(=O)O.[V]. The number of hydrogen-bond acceptors (Lipinski definition) is 2. The number of aliphatic carboxylic acids is 1. The van der Waals surface area contributed by atoms with Gasteiger partial charge in [-0.1, -0.05) is 13.8 Å². The van der Waals surface area contributed by atoms with E-state index in [2.05, 4.69) is 5.32 Å². The predicted molar refractivity (Wildman–Crippen MR) is 42.3 cm³/mol. The Hall–Kier alpha value is -0.476. The Morgan fingerprint density at radius 1 is 1.25 bits per heavy atom. The molecule has 0 bridgehead atoms. The molecule has 4 nitrogen and oxygen atoms in total. The van der Waals surface area contributed by atoms with Gasteiger partial charge in [-0.25, -0.2) is 0 Å². The maximum atomic E-state index is 10.3. The zero-order valence-electron chi connectivity index (χ0n) is 7.63. The van der Waals surface area contributed by atoms with Crippen molar-refractivity contribution in [3.63, 3.8) is 0 Å².